The molecular weight excluding hydrogens is 210 g/mol. The van der Waals surface area contributed by atoms with Crippen LogP contribution < -0.4 is 0 Å². The predicted molar refractivity (Wildman–Crippen MR) is 44.5 cm³/mol. The van der Waals surface area contributed by atoms with E-state index in [1.165, 1.54) is 0 Å². The molecule has 0 fully saturated rings. The summed E-state index contributed by atoms with van der Waals surface area (Å²) in [5.74, 6) is 0. The van der Waals surface area contributed by atoms with Crippen molar-refractivity contribution in [3.8, 4) is 0 Å². The number of halogens is 5. The molecule has 0 amide bonds. The minimum Gasteiger partial charge on any atom is -0.418 e. The molecule has 0 saturated heterocycles. The molecule has 0 aromatic rings. The quantitative estimate of drug-likeness (QED) is 0.267. The first-order valence-electron chi connectivity index (χ1n) is 3.35. The second kappa shape index (κ2) is 4.60. The molecule has 0 aromatic heterocycles. The number of alkyl halides is 1. The Balaban J connectivity index is 0.000000252. The van der Waals surface area contributed by atoms with E-state index in [0.717, 1.165) is 0 Å². The van der Waals surface area contributed by atoms with E-state index in [2.05, 4.69) is 0 Å². The third-order valence-corrected chi connectivity index (χ3v) is 1.82. The van der Waals surface area contributed by atoms with Gasteiger partial charge in [-0.05, 0) is 0 Å². The van der Waals surface area contributed by atoms with Crippen molar-refractivity contribution in [1.82, 2.24) is 9.80 Å². The first kappa shape index (κ1) is 12.4. The van der Waals surface area contributed by atoms with Gasteiger partial charge in [-0.2, -0.15) is 0 Å². The van der Waals surface area contributed by atoms with Crippen molar-refractivity contribution in [3.05, 3.63) is 12.4 Å². The van der Waals surface area contributed by atoms with Crippen molar-refractivity contribution in [1.29, 1.82) is 0 Å². The average Bonchev–Trinajstić information content (AvgIpc) is 2.16. The van der Waals surface area contributed by atoms with E-state index in [1.807, 2.05) is 36.3 Å². The van der Waals surface area contributed by atoms with E-state index in [4.69, 9.17) is 11.6 Å². The zero-order valence-electron chi connectivity index (χ0n) is 7.09. The van der Waals surface area contributed by atoms with Gasteiger partial charge in [0.05, 0.1) is 0 Å². The lowest BCUT2D eigenvalue weighted by Crippen LogP contribution is -2.27. The van der Waals surface area contributed by atoms with Crippen LogP contribution in [0.5, 0.6) is 0 Å². The molecule has 78 valence electrons. The number of nitrogens with zero attached hydrogens (tertiary/aromatic N) is 2. The van der Waals surface area contributed by atoms with Gasteiger partial charge in [-0.25, -0.2) is 0 Å². The van der Waals surface area contributed by atoms with Crippen molar-refractivity contribution >= 4 is 18.9 Å². The van der Waals surface area contributed by atoms with E-state index in [9.17, 15) is 17.3 Å². The second-order valence-corrected chi connectivity index (χ2v) is 2.82. The Bertz CT molecular complexity index is 168. The van der Waals surface area contributed by atoms with Crippen LogP contribution in [0.4, 0.5) is 17.3 Å². The summed E-state index contributed by atoms with van der Waals surface area (Å²) in [5, 5.41) is 0. The van der Waals surface area contributed by atoms with Crippen molar-refractivity contribution in [2.24, 2.45) is 0 Å². The van der Waals surface area contributed by atoms with Gasteiger partial charge in [0.15, 0.2) is 5.62 Å². The van der Waals surface area contributed by atoms with Gasteiger partial charge in [0.25, 0.3) is 0 Å². The fourth-order valence-corrected chi connectivity index (χ4v) is 0.770. The maximum atomic E-state index is 9.75. The third-order valence-electron chi connectivity index (χ3n) is 1.21. The lowest BCUT2D eigenvalue weighted by molar-refractivity contribution is 0.293. The molecule has 8 heteroatoms. The molecule has 0 radical (unpaired) electrons. The van der Waals surface area contributed by atoms with Crippen LogP contribution in [0.15, 0.2) is 12.4 Å². The van der Waals surface area contributed by atoms with E-state index in [-0.39, 0.29) is 5.62 Å². The summed E-state index contributed by atoms with van der Waals surface area (Å²) >= 11 is 5.80. The number of rotatable bonds is 0. The summed E-state index contributed by atoms with van der Waals surface area (Å²) in [5.41, 5.74) is 0.00926. The summed E-state index contributed by atoms with van der Waals surface area (Å²) in [4.78, 5) is 3.86. The molecule has 1 rings (SSSR count). The number of hydrogen-bond donors (Lipinski definition) is 0. The predicted octanol–water partition coefficient (Wildman–Crippen LogP) is 2.16. The second-order valence-electron chi connectivity index (χ2n) is 2.43. The fourth-order valence-electron chi connectivity index (χ4n) is 0.640. The van der Waals surface area contributed by atoms with Gasteiger partial charge in [-0.15, -0.1) is 0 Å². The highest BCUT2D eigenvalue weighted by atomic mass is 35.5. The fraction of sp³-hybridized carbons (Fsp3) is 0.600. The molecule has 0 bridgehead atoms. The highest BCUT2D eigenvalue weighted by molar-refractivity contribution is 6.50. The molecule has 1 aliphatic heterocycles. The molecule has 0 aliphatic carbocycles. The van der Waals surface area contributed by atoms with Crippen molar-refractivity contribution in [2.75, 3.05) is 14.1 Å². The molecule has 0 N–H and O–H groups in total. The Morgan fingerprint density at radius 3 is 1.38 bits per heavy atom. The van der Waals surface area contributed by atoms with Crippen LogP contribution in [-0.2, 0) is 0 Å². The molecule has 0 aromatic carbocycles. The standard InChI is InChI=1S/C5H9ClN2.BF4/c1-7-3-4-8(2)5(7)6;2-1(3,4)5/h3-5H,1-2H3;/q;-1. The molecule has 1 aliphatic rings. The van der Waals surface area contributed by atoms with E-state index < -0.39 is 7.25 Å². The van der Waals surface area contributed by atoms with Gasteiger partial charge >= 0.3 is 7.25 Å². The van der Waals surface area contributed by atoms with Gasteiger partial charge in [0, 0.05) is 26.5 Å². The molecule has 2 nitrogen and oxygen atoms in total. The van der Waals surface area contributed by atoms with Crippen molar-refractivity contribution < 1.29 is 17.3 Å². The molecule has 0 spiro atoms. The molecule has 13 heavy (non-hydrogen) atoms. The minimum absolute atomic E-state index is 0.00926. The summed E-state index contributed by atoms with van der Waals surface area (Å²) < 4.78 is 39.0. The smallest absolute Gasteiger partial charge is 0.418 e. The van der Waals surface area contributed by atoms with Gasteiger partial charge < -0.3 is 27.1 Å². The lowest BCUT2D eigenvalue weighted by Gasteiger charge is -2.19. The normalized spacial score (nSPS) is 17.5. The third kappa shape index (κ3) is 6.56. The maximum absolute atomic E-state index is 9.75. The zero-order valence-corrected chi connectivity index (χ0v) is 7.85. The Hall–Kier alpha value is -0.585. The topological polar surface area (TPSA) is 6.48 Å². The molecule has 1 heterocycles. The largest absolute Gasteiger partial charge is 0.673 e. The van der Waals surface area contributed by atoms with Gasteiger partial charge in [0.1, 0.15) is 0 Å². The van der Waals surface area contributed by atoms with Crippen molar-refractivity contribution in [2.45, 2.75) is 5.62 Å². The first-order valence-corrected chi connectivity index (χ1v) is 3.79. The van der Waals surface area contributed by atoms with Gasteiger partial charge in [0.2, 0.25) is 0 Å². The van der Waals surface area contributed by atoms with E-state index in [0.29, 0.717) is 0 Å². The summed E-state index contributed by atoms with van der Waals surface area (Å²) in [6.07, 6.45) is 3.88. The van der Waals surface area contributed by atoms with E-state index >= 15 is 0 Å². The Kier molecular flexibility index (Phi) is 4.39. The highest BCUT2D eigenvalue weighted by Gasteiger charge is 2.20. The average molecular weight is 219 g/mol. The van der Waals surface area contributed by atoms with Crippen LogP contribution in [-0.4, -0.2) is 36.8 Å². The van der Waals surface area contributed by atoms with Crippen LogP contribution in [0.1, 0.15) is 0 Å². The van der Waals surface area contributed by atoms with Crippen LogP contribution in [0.2, 0.25) is 0 Å². The van der Waals surface area contributed by atoms with Crippen LogP contribution in [0.25, 0.3) is 0 Å². The lowest BCUT2D eigenvalue weighted by atomic mass is 10.3. The summed E-state index contributed by atoms with van der Waals surface area (Å²) in [6.45, 7) is 0. The molecule has 0 atom stereocenters. The highest BCUT2D eigenvalue weighted by Crippen LogP contribution is 2.13. The summed E-state index contributed by atoms with van der Waals surface area (Å²) in [6, 6.07) is 0. The first-order chi connectivity index (χ1) is 5.72. The van der Waals surface area contributed by atoms with Crippen LogP contribution >= 0.6 is 11.6 Å². The summed E-state index contributed by atoms with van der Waals surface area (Å²) in [7, 11) is -2.12. The zero-order chi connectivity index (χ0) is 10.6. The van der Waals surface area contributed by atoms with E-state index in [1.54, 1.807) is 0 Å². The Labute approximate surface area is 78.8 Å². The SMILES string of the molecule is CN1C=CN(C)C1Cl.F[B-](F)(F)F. The number of hydrogen-bond acceptors (Lipinski definition) is 2. The molecule has 0 unspecified atom stereocenters. The van der Waals surface area contributed by atoms with Crippen LogP contribution in [0.3, 0.4) is 0 Å². The minimum atomic E-state index is -6.00. The van der Waals surface area contributed by atoms with Gasteiger partial charge in [-0.1, -0.05) is 11.6 Å². The monoisotopic (exact) mass is 219 g/mol. The van der Waals surface area contributed by atoms with Gasteiger partial charge in [-0.3, -0.25) is 0 Å². The Morgan fingerprint density at radius 1 is 1.08 bits per heavy atom. The van der Waals surface area contributed by atoms with Crippen molar-refractivity contribution in [3.63, 3.8) is 0 Å². The Morgan fingerprint density at radius 2 is 1.31 bits per heavy atom. The molecular formula is C5H9BClF4N2-. The molecule has 0 saturated carbocycles. The van der Waals surface area contributed by atoms with Crippen LogP contribution in [0, 0.1) is 0 Å². The maximum Gasteiger partial charge on any atom is 0.673 e.